The van der Waals surface area contributed by atoms with E-state index in [4.69, 9.17) is 9.47 Å². The maximum atomic E-state index is 12.7. The molecule has 2 heterocycles. The molecule has 2 rings (SSSR count). The first-order valence-corrected chi connectivity index (χ1v) is 10.0. The molecule has 0 saturated heterocycles. The number of carbonyl (C=O) groups is 3. The molecule has 1 unspecified atom stereocenters. The minimum atomic E-state index is -0.630. The number of anilines is 1. The molecular formula is C18H22BrN3O5S. The van der Waals surface area contributed by atoms with Crippen LogP contribution in [0.3, 0.4) is 0 Å². The average Bonchev–Trinajstić information content (AvgIpc) is 3.11. The van der Waals surface area contributed by atoms with E-state index in [-0.39, 0.29) is 21.3 Å². The largest absolute Gasteiger partial charge is 0.465 e. The number of aryl methyl sites for hydroxylation is 1. The Labute approximate surface area is 175 Å². The van der Waals surface area contributed by atoms with E-state index < -0.39 is 17.9 Å². The summed E-state index contributed by atoms with van der Waals surface area (Å²) in [6.45, 7) is 7.53. The molecule has 0 radical (unpaired) electrons. The molecule has 152 valence electrons. The molecule has 0 aromatic carbocycles. The van der Waals surface area contributed by atoms with Crippen LogP contribution in [0.15, 0.2) is 4.47 Å². The zero-order valence-electron chi connectivity index (χ0n) is 16.5. The van der Waals surface area contributed by atoms with Crippen LogP contribution in [0.4, 0.5) is 5.00 Å². The minimum Gasteiger partial charge on any atom is -0.465 e. The van der Waals surface area contributed by atoms with Crippen LogP contribution < -0.4 is 5.32 Å². The Balaban J connectivity index is 2.28. The van der Waals surface area contributed by atoms with Gasteiger partial charge in [-0.15, -0.1) is 11.3 Å². The maximum absolute atomic E-state index is 12.7. The van der Waals surface area contributed by atoms with E-state index in [0.29, 0.717) is 12.1 Å². The molecule has 0 aliphatic heterocycles. The van der Waals surface area contributed by atoms with Crippen LogP contribution in [0.1, 0.15) is 43.9 Å². The highest BCUT2D eigenvalue weighted by atomic mass is 79.9. The average molecular weight is 472 g/mol. The zero-order chi connectivity index (χ0) is 21.2. The van der Waals surface area contributed by atoms with Crippen LogP contribution in [0.5, 0.6) is 0 Å². The Kier molecular flexibility index (Phi) is 7.00. The van der Waals surface area contributed by atoms with E-state index in [1.54, 1.807) is 18.5 Å². The van der Waals surface area contributed by atoms with Crippen LogP contribution in [0.25, 0.3) is 0 Å². The van der Waals surface area contributed by atoms with Crippen molar-refractivity contribution in [2.24, 2.45) is 5.92 Å². The summed E-state index contributed by atoms with van der Waals surface area (Å²) in [4.78, 5) is 37.1. The molecule has 0 aliphatic carbocycles. The van der Waals surface area contributed by atoms with Gasteiger partial charge in [-0.2, -0.15) is 5.10 Å². The number of aromatic nitrogens is 2. The molecule has 1 N–H and O–H groups in total. The van der Waals surface area contributed by atoms with Crippen molar-refractivity contribution in [3.63, 3.8) is 0 Å². The van der Waals surface area contributed by atoms with E-state index in [1.165, 1.54) is 14.2 Å². The van der Waals surface area contributed by atoms with E-state index in [0.717, 1.165) is 27.2 Å². The Morgan fingerprint density at radius 1 is 1.18 bits per heavy atom. The first kappa shape index (κ1) is 22.1. The minimum absolute atomic E-state index is 0.155. The molecule has 28 heavy (non-hydrogen) atoms. The maximum Gasteiger partial charge on any atom is 0.348 e. The number of thiophene rings is 1. The fourth-order valence-electron chi connectivity index (χ4n) is 2.67. The van der Waals surface area contributed by atoms with Gasteiger partial charge in [0.2, 0.25) is 5.91 Å². The van der Waals surface area contributed by atoms with Crippen molar-refractivity contribution in [2.75, 3.05) is 19.5 Å². The number of nitrogens with one attached hydrogen (secondary N) is 1. The lowest BCUT2D eigenvalue weighted by atomic mass is 10.1. The Hall–Kier alpha value is -2.20. The molecule has 0 aliphatic rings. The molecule has 1 atom stereocenters. The first-order chi connectivity index (χ1) is 13.1. The van der Waals surface area contributed by atoms with E-state index in [2.05, 4.69) is 26.3 Å². The van der Waals surface area contributed by atoms with Gasteiger partial charge in [-0.3, -0.25) is 9.48 Å². The standard InChI is InChI=1S/C18H22BrN3O5S/c1-8(7-22-11(4)13(19)10(3)21-22)15(23)20-16-12(17(24)26-5)9(2)14(28-16)18(25)27-6/h8H,7H2,1-6H3,(H,20,23). The number of ether oxygens (including phenoxy) is 2. The summed E-state index contributed by atoms with van der Waals surface area (Å²) in [7, 11) is 2.50. The van der Waals surface area contributed by atoms with Crippen molar-refractivity contribution in [1.29, 1.82) is 0 Å². The van der Waals surface area contributed by atoms with Crippen LogP contribution in [0, 0.1) is 26.7 Å². The number of esters is 2. The lowest BCUT2D eigenvalue weighted by Gasteiger charge is -2.13. The van der Waals surface area contributed by atoms with Crippen molar-refractivity contribution >= 4 is 50.1 Å². The van der Waals surface area contributed by atoms with Crippen molar-refractivity contribution in [1.82, 2.24) is 9.78 Å². The van der Waals surface area contributed by atoms with Crippen molar-refractivity contribution in [3.8, 4) is 0 Å². The number of halogens is 1. The lowest BCUT2D eigenvalue weighted by Crippen LogP contribution is -2.25. The van der Waals surface area contributed by atoms with Gasteiger partial charge in [0.25, 0.3) is 0 Å². The van der Waals surface area contributed by atoms with Gasteiger partial charge in [0, 0.05) is 5.69 Å². The molecule has 1 amide bonds. The SMILES string of the molecule is COC(=O)c1sc(NC(=O)C(C)Cn2nc(C)c(Br)c2C)c(C(=O)OC)c1C. The second-order valence-corrected chi connectivity index (χ2v) is 8.11. The molecule has 0 bridgehead atoms. The van der Waals surface area contributed by atoms with Gasteiger partial charge < -0.3 is 14.8 Å². The monoisotopic (exact) mass is 471 g/mol. The van der Waals surface area contributed by atoms with E-state index >= 15 is 0 Å². The first-order valence-electron chi connectivity index (χ1n) is 8.42. The molecule has 2 aromatic heterocycles. The number of methoxy groups -OCH3 is 2. The summed E-state index contributed by atoms with van der Waals surface area (Å²) in [6, 6.07) is 0. The highest BCUT2D eigenvalue weighted by Gasteiger charge is 2.28. The third kappa shape index (κ3) is 4.27. The smallest absolute Gasteiger partial charge is 0.348 e. The number of hydrogen-bond donors (Lipinski definition) is 1. The summed E-state index contributed by atoms with van der Waals surface area (Å²) in [5.74, 6) is -1.94. The number of amides is 1. The number of carbonyl (C=O) groups excluding carboxylic acids is 3. The third-order valence-corrected chi connectivity index (χ3v) is 6.67. The highest BCUT2D eigenvalue weighted by molar-refractivity contribution is 9.10. The normalized spacial score (nSPS) is 11.8. The molecule has 0 fully saturated rings. The number of nitrogens with zero attached hydrogens (tertiary/aromatic N) is 2. The topological polar surface area (TPSA) is 99.5 Å². The van der Waals surface area contributed by atoms with Gasteiger partial charge in [-0.1, -0.05) is 6.92 Å². The van der Waals surface area contributed by atoms with Gasteiger partial charge in [-0.05, 0) is 42.3 Å². The van der Waals surface area contributed by atoms with Gasteiger partial charge in [0.05, 0.1) is 42.4 Å². The summed E-state index contributed by atoms with van der Waals surface area (Å²) in [5.41, 5.74) is 2.33. The zero-order valence-corrected chi connectivity index (χ0v) is 18.9. The Morgan fingerprint density at radius 3 is 2.29 bits per heavy atom. The van der Waals surface area contributed by atoms with Crippen LogP contribution in [0.2, 0.25) is 0 Å². The predicted octanol–water partition coefficient (Wildman–Crippen LogP) is 3.48. The van der Waals surface area contributed by atoms with Gasteiger partial charge in [0.1, 0.15) is 9.88 Å². The van der Waals surface area contributed by atoms with E-state index in [1.807, 2.05) is 13.8 Å². The number of hydrogen-bond acceptors (Lipinski definition) is 7. The van der Waals surface area contributed by atoms with Gasteiger partial charge in [-0.25, -0.2) is 9.59 Å². The lowest BCUT2D eigenvalue weighted by molar-refractivity contribution is -0.119. The third-order valence-electron chi connectivity index (χ3n) is 4.33. The second kappa shape index (κ2) is 8.87. The van der Waals surface area contributed by atoms with Crippen molar-refractivity contribution < 1.29 is 23.9 Å². The Bertz CT molecular complexity index is 934. The fourth-order valence-corrected chi connectivity index (χ4v) is 4.07. The van der Waals surface area contributed by atoms with Crippen LogP contribution in [-0.4, -0.2) is 41.8 Å². The van der Waals surface area contributed by atoms with Gasteiger partial charge in [0.15, 0.2) is 0 Å². The fraction of sp³-hybridized carbons (Fsp3) is 0.444. The molecule has 0 saturated carbocycles. The predicted molar refractivity (Wildman–Crippen MR) is 109 cm³/mol. The summed E-state index contributed by atoms with van der Waals surface area (Å²) in [6.07, 6.45) is 0. The second-order valence-electron chi connectivity index (χ2n) is 6.30. The van der Waals surface area contributed by atoms with Crippen LogP contribution in [-0.2, 0) is 20.8 Å². The van der Waals surface area contributed by atoms with Crippen molar-refractivity contribution in [3.05, 3.63) is 31.9 Å². The van der Waals surface area contributed by atoms with Crippen LogP contribution >= 0.6 is 27.3 Å². The number of rotatable bonds is 6. The van der Waals surface area contributed by atoms with Gasteiger partial charge >= 0.3 is 11.9 Å². The quantitative estimate of drug-likeness (QED) is 0.647. The van der Waals surface area contributed by atoms with E-state index in [9.17, 15) is 14.4 Å². The molecular weight excluding hydrogens is 450 g/mol. The molecule has 0 spiro atoms. The molecule has 8 nitrogen and oxygen atoms in total. The summed E-state index contributed by atoms with van der Waals surface area (Å²) < 4.78 is 12.2. The molecule has 2 aromatic rings. The molecule has 10 heteroatoms. The van der Waals surface area contributed by atoms with Crippen molar-refractivity contribution in [2.45, 2.75) is 34.2 Å². The summed E-state index contributed by atoms with van der Waals surface area (Å²) in [5, 5.41) is 7.41. The summed E-state index contributed by atoms with van der Waals surface area (Å²) >= 11 is 4.45. The Morgan fingerprint density at radius 2 is 1.79 bits per heavy atom. The highest BCUT2D eigenvalue weighted by Crippen LogP contribution is 2.34.